The number of rotatable bonds is 7. The largest absolute Gasteiger partial charge is 0.388 e. The summed E-state index contributed by atoms with van der Waals surface area (Å²) < 4.78 is 5.97. The maximum atomic E-state index is 10.2. The zero-order valence-corrected chi connectivity index (χ0v) is 21.5. The molecule has 3 nitrogen and oxygen atoms in total. The highest BCUT2D eigenvalue weighted by Gasteiger charge is 2.50. The van der Waals surface area contributed by atoms with E-state index in [4.69, 9.17) is 4.74 Å². The molecule has 0 aromatic rings. The molecule has 0 bridgehead atoms. The highest BCUT2D eigenvalue weighted by molar-refractivity contribution is 5.29. The van der Waals surface area contributed by atoms with Crippen molar-refractivity contribution in [1.82, 2.24) is 0 Å². The van der Waals surface area contributed by atoms with E-state index in [1.54, 1.807) is 5.57 Å². The van der Waals surface area contributed by atoms with Crippen LogP contribution in [0.3, 0.4) is 0 Å². The van der Waals surface area contributed by atoms with E-state index in [0.717, 1.165) is 17.4 Å². The van der Waals surface area contributed by atoms with Gasteiger partial charge in [-0.25, -0.2) is 0 Å². The van der Waals surface area contributed by atoms with Crippen molar-refractivity contribution in [2.75, 3.05) is 7.11 Å². The molecule has 6 atom stereocenters. The Morgan fingerprint density at radius 1 is 1.06 bits per heavy atom. The molecule has 0 saturated heterocycles. The van der Waals surface area contributed by atoms with Gasteiger partial charge in [0, 0.05) is 7.11 Å². The van der Waals surface area contributed by atoms with Gasteiger partial charge in [-0.05, 0) is 93.0 Å². The van der Waals surface area contributed by atoms with Crippen LogP contribution < -0.4 is 0 Å². The fourth-order valence-electron chi connectivity index (χ4n) is 8.16. The van der Waals surface area contributed by atoms with Crippen molar-refractivity contribution >= 4 is 0 Å². The molecule has 4 unspecified atom stereocenters. The zero-order valence-electron chi connectivity index (χ0n) is 21.5. The van der Waals surface area contributed by atoms with Gasteiger partial charge in [0.2, 0.25) is 0 Å². The Kier molecular flexibility index (Phi) is 7.93. The molecular formula is C30H48O3. The smallest absolute Gasteiger partial charge is 0.0809 e. The Balaban J connectivity index is 1.38. The monoisotopic (exact) mass is 456 g/mol. The third kappa shape index (κ3) is 5.21. The van der Waals surface area contributed by atoms with Crippen LogP contribution in [-0.2, 0) is 4.74 Å². The van der Waals surface area contributed by atoms with E-state index in [2.05, 4.69) is 32.6 Å². The summed E-state index contributed by atoms with van der Waals surface area (Å²) in [6.45, 7) is 8.94. The van der Waals surface area contributed by atoms with Gasteiger partial charge in [-0.15, -0.1) is 0 Å². The van der Waals surface area contributed by atoms with Gasteiger partial charge in [-0.1, -0.05) is 69.4 Å². The molecule has 186 valence electrons. The highest BCUT2D eigenvalue weighted by atomic mass is 16.5. The topological polar surface area (TPSA) is 49.7 Å². The molecule has 0 aliphatic heterocycles. The summed E-state index contributed by atoms with van der Waals surface area (Å²) >= 11 is 0. The predicted octanol–water partition coefficient (Wildman–Crippen LogP) is 6.89. The minimum atomic E-state index is -0.604. The van der Waals surface area contributed by atoms with Gasteiger partial charge in [0.05, 0.1) is 17.8 Å². The second kappa shape index (κ2) is 10.4. The van der Waals surface area contributed by atoms with Crippen LogP contribution in [0.4, 0.5) is 0 Å². The lowest BCUT2D eigenvalue weighted by molar-refractivity contribution is -0.0150. The average Bonchev–Trinajstić information content (AvgIpc) is 3.40. The third-order valence-corrected chi connectivity index (χ3v) is 10.3. The fourth-order valence-corrected chi connectivity index (χ4v) is 8.16. The molecule has 4 aliphatic rings. The molecule has 0 aromatic heterocycles. The minimum absolute atomic E-state index is 0.183. The lowest BCUT2D eigenvalue weighted by atomic mass is 9.60. The van der Waals surface area contributed by atoms with Crippen molar-refractivity contribution in [3.05, 3.63) is 35.5 Å². The summed E-state index contributed by atoms with van der Waals surface area (Å²) in [5, 5.41) is 20.4. The summed E-state index contributed by atoms with van der Waals surface area (Å²) in [7, 11) is 1.92. The first kappa shape index (κ1) is 25.2. The summed E-state index contributed by atoms with van der Waals surface area (Å²) in [5.74, 6) is 2.30. The van der Waals surface area contributed by atoms with Gasteiger partial charge in [-0.2, -0.15) is 0 Å². The van der Waals surface area contributed by atoms with E-state index in [-0.39, 0.29) is 5.60 Å². The normalized spacial score (nSPS) is 38.5. The van der Waals surface area contributed by atoms with Crippen molar-refractivity contribution in [3.63, 3.8) is 0 Å². The van der Waals surface area contributed by atoms with Crippen molar-refractivity contribution in [2.24, 2.45) is 23.2 Å². The van der Waals surface area contributed by atoms with E-state index in [0.29, 0.717) is 29.7 Å². The number of aliphatic hydroxyl groups is 2. The number of hydrogen-bond acceptors (Lipinski definition) is 3. The number of fused-ring (bicyclic) bond motifs is 1. The van der Waals surface area contributed by atoms with E-state index in [1.165, 1.54) is 77.0 Å². The molecule has 4 rings (SSSR count). The first-order valence-corrected chi connectivity index (χ1v) is 13.8. The van der Waals surface area contributed by atoms with E-state index in [9.17, 15) is 10.2 Å². The summed E-state index contributed by atoms with van der Waals surface area (Å²) in [6.07, 6.45) is 20.2. The molecule has 33 heavy (non-hydrogen) atoms. The van der Waals surface area contributed by atoms with Crippen LogP contribution in [0, 0.1) is 23.2 Å². The molecule has 0 amide bonds. The maximum Gasteiger partial charge on any atom is 0.0809 e. The maximum absolute atomic E-state index is 10.2. The zero-order chi connectivity index (χ0) is 23.6. The van der Waals surface area contributed by atoms with Gasteiger partial charge >= 0.3 is 0 Å². The molecule has 0 aromatic carbocycles. The van der Waals surface area contributed by atoms with E-state index in [1.807, 2.05) is 7.11 Å². The Labute approximate surface area is 202 Å². The predicted molar refractivity (Wildman–Crippen MR) is 136 cm³/mol. The highest BCUT2D eigenvalue weighted by Crippen LogP contribution is 2.60. The Bertz CT molecular complexity index is 743. The van der Waals surface area contributed by atoms with Gasteiger partial charge in [0.1, 0.15) is 0 Å². The Morgan fingerprint density at radius 2 is 1.76 bits per heavy atom. The second-order valence-electron chi connectivity index (χ2n) is 12.1. The van der Waals surface area contributed by atoms with E-state index >= 15 is 0 Å². The SMILES string of the molecule is C=C1C(O)CC(=C/C=C2\CCC[C@@]3(C)C2CCC3[C@@H](C)CCCC2(OC)CCCC2)CC1O. The Morgan fingerprint density at radius 3 is 2.42 bits per heavy atom. The van der Waals surface area contributed by atoms with Crippen molar-refractivity contribution in [2.45, 2.75) is 122 Å². The number of allylic oxidation sites excluding steroid dienone is 3. The van der Waals surface area contributed by atoms with Gasteiger partial charge < -0.3 is 14.9 Å². The molecule has 4 saturated carbocycles. The summed E-state index contributed by atoms with van der Waals surface area (Å²) in [6, 6.07) is 0. The van der Waals surface area contributed by atoms with Crippen LogP contribution in [0.1, 0.15) is 104 Å². The summed E-state index contributed by atoms with van der Waals surface area (Å²) in [4.78, 5) is 0. The number of ether oxygens (including phenoxy) is 1. The number of hydrogen-bond donors (Lipinski definition) is 2. The van der Waals surface area contributed by atoms with Crippen molar-refractivity contribution < 1.29 is 14.9 Å². The van der Waals surface area contributed by atoms with Crippen LogP contribution in [0.5, 0.6) is 0 Å². The lowest BCUT2D eigenvalue weighted by Crippen LogP contribution is -2.36. The molecular weight excluding hydrogens is 408 g/mol. The first-order chi connectivity index (χ1) is 15.8. The first-order valence-electron chi connectivity index (χ1n) is 13.8. The average molecular weight is 457 g/mol. The molecule has 0 radical (unpaired) electrons. The molecule has 0 heterocycles. The van der Waals surface area contributed by atoms with Crippen molar-refractivity contribution in [1.29, 1.82) is 0 Å². The van der Waals surface area contributed by atoms with Crippen LogP contribution in [0.2, 0.25) is 0 Å². The van der Waals surface area contributed by atoms with Crippen LogP contribution in [0.25, 0.3) is 0 Å². The molecule has 0 spiro atoms. The molecule has 2 N–H and O–H groups in total. The van der Waals surface area contributed by atoms with Gasteiger partial charge in [0.15, 0.2) is 0 Å². The minimum Gasteiger partial charge on any atom is -0.388 e. The Hall–Kier alpha value is -0.900. The quantitative estimate of drug-likeness (QED) is 0.410. The number of aliphatic hydroxyl groups excluding tert-OH is 2. The number of methoxy groups -OCH3 is 1. The summed E-state index contributed by atoms with van der Waals surface area (Å²) in [5.41, 5.74) is 3.95. The second-order valence-corrected chi connectivity index (χ2v) is 12.1. The lowest BCUT2D eigenvalue weighted by Gasteiger charge is -2.44. The van der Waals surface area contributed by atoms with Crippen LogP contribution in [-0.4, -0.2) is 35.1 Å². The van der Waals surface area contributed by atoms with E-state index < -0.39 is 12.2 Å². The van der Waals surface area contributed by atoms with Gasteiger partial charge in [-0.3, -0.25) is 0 Å². The van der Waals surface area contributed by atoms with Crippen LogP contribution in [0.15, 0.2) is 35.5 Å². The fraction of sp³-hybridized carbons (Fsp3) is 0.800. The van der Waals surface area contributed by atoms with Gasteiger partial charge in [0.25, 0.3) is 0 Å². The molecule has 4 fully saturated rings. The van der Waals surface area contributed by atoms with Crippen LogP contribution >= 0.6 is 0 Å². The third-order valence-electron chi connectivity index (χ3n) is 10.3. The molecule has 3 heteroatoms. The van der Waals surface area contributed by atoms with Crippen molar-refractivity contribution in [3.8, 4) is 0 Å². The molecule has 4 aliphatic carbocycles. The standard InChI is InChI=1S/C30H48O3/c1-21(9-7-18-30(33-4)16-5-6-17-30)25-13-14-26-24(10-8-15-29(25,26)3)12-11-23-19-27(31)22(2)28(32)20-23/h11-12,21,25-28,31-32H,2,5-10,13-20H2,1,3-4H3/b23-11?,24-12+/t21-,25?,26?,27?,28?,29+/m0/s1.